The van der Waals surface area contributed by atoms with E-state index in [1.165, 1.54) is 0 Å². The number of hydrogen-bond acceptors (Lipinski definition) is 5. The first-order chi connectivity index (χ1) is 15.5. The lowest BCUT2D eigenvalue weighted by atomic mass is 9.43. The van der Waals surface area contributed by atoms with Gasteiger partial charge in [0.2, 0.25) is 0 Å². The summed E-state index contributed by atoms with van der Waals surface area (Å²) >= 11 is 3.90. The Morgan fingerprint density at radius 1 is 1.06 bits per heavy atom. The number of halogens is 1. The minimum absolute atomic E-state index is 0.0309. The topological polar surface area (TPSA) is 76.0 Å². The van der Waals surface area contributed by atoms with Crippen molar-refractivity contribution in [2.45, 2.75) is 102 Å². The summed E-state index contributed by atoms with van der Waals surface area (Å²) in [4.78, 5) is 14.2. The van der Waals surface area contributed by atoms with Crippen LogP contribution in [0.1, 0.15) is 72.6 Å². The van der Waals surface area contributed by atoms with E-state index in [0.29, 0.717) is 30.3 Å². The molecule has 2 heterocycles. The summed E-state index contributed by atoms with van der Waals surface area (Å²) in [5, 5.41) is 22.1. The first-order valence-corrected chi connectivity index (χ1v) is 14.3. The molecule has 4 saturated carbocycles. The molecule has 0 aromatic carbocycles. The van der Waals surface area contributed by atoms with Gasteiger partial charge in [0.05, 0.1) is 23.6 Å². The number of hydrogen-bond donors (Lipinski definition) is 2. The van der Waals surface area contributed by atoms with Gasteiger partial charge in [-0.15, -0.1) is 0 Å². The normalized spacial score (nSPS) is 62.5. The monoisotopic (exact) mass is 524 g/mol. The fraction of sp³-hybridized carbons (Fsp3) is 0.963. The number of ether oxygens (including phenoxy) is 2. The van der Waals surface area contributed by atoms with Gasteiger partial charge in [-0.05, 0) is 74.0 Å². The van der Waals surface area contributed by atoms with Crippen molar-refractivity contribution in [3.8, 4) is 0 Å². The molecular weight excluding hydrogens is 484 g/mol. The Bertz CT molecular complexity index is 835. The van der Waals surface area contributed by atoms with Crippen LogP contribution in [-0.4, -0.2) is 51.5 Å². The Hall–Kier alpha value is -0.0100. The second kappa shape index (κ2) is 7.50. The summed E-state index contributed by atoms with van der Waals surface area (Å²) < 4.78 is 13.3. The lowest BCUT2D eigenvalue weighted by Crippen LogP contribution is -2.64. The van der Waals surface area contributed by atoms with Gasteiger partial charge in [0.15, 0.2) is 11.6 Å². The van der Waals surface area contributed by atoms with Crippen LogP contribution in [0.5, 0.6) is 0 Å². The lowest BCUT2D eigenvalue weighted by Gasteiger charge is -2.61. The van der Waals surface area contributed by atoms with E-state index in [1.54, 1.807) is 0 Å². The molecule has 6 aliphatic rings. The standard InChI is InChI=1S/C27H41BrO5/c1-13-9-20(28)27(32-12-13)14(2)21-19(33-27)11-18-17-6-5-15-10-16(29)7-8-25(15,3)22(17)23(30)24(31)26(18,21)4/h13-22,24,29,31H,5-12H2,1-4H3/t13-,14+,15-,16+,17-,18+,19+,20-,21+,22-,24-,25-,26-,27+/m0/s1. The smallest absolute Gasteiger partial charge is 0.184 e. The van der Waals surface area contributed by atoms with E-state index in [4.69, 9.17) is 9.47 Å². The molecule has 33 heavy (non-hydrogen) atoms. The van der Waals surface area contributed by atoms with Crippen molar-refractivity contribution in [1.29, 1.82) is 0 Å². The first-order valence-electron chi connectivity index (χ1n) is 13.4. The summed E-state index contributed by atoms with van der Waals surface area (Å²) in [5.74, 6) is 1.05. The van der Waals surface area contributed by atoms with Crippen molar-refractivity contribution in [3.63, 3.8) is 0 Å². The highest BCUT2D eigenvalue weighted by Gasteiger charge is 2.74. The number of carbonyl (C=O) groups excluding carboxylic acids is 1. The average molecular weight is 526 g/mol. The SMILES string of the molecule is C[C@@H]1CO[C@]2(O[C@@H]3C[C@@H]4[C@@H]5CC[C@H]6C[C@H](O)CC[C@]6(C)[C@@H]5C(=O)[C@H](O)[C@]4(C)[C@@H]3[C@H]2C)[C@@H](Br)C1. The number of fused-ring (bicyclic) bond motifs is 7. The van der Waals surface area contributed by atoms with Crippen LogP contribution in [0.15, 0.2) is 0 Å². The zero-order valence-corrected chi connectivity index (χ0v) is 22.1. The molecule has 0 aromatic rings. The van der Waals surface area contributed by atoms with Crippen LogP contribution < -0.4 is 0 Å². The van der Waals surface area contributed by atoms with Gasteiger partial charge in [0, 0.05) is 23.2 Å². The highest BCUT2D eigenvalue weighted by molar-refractivity contribution is 9.09. The molecule has 5 nitrogen and oxygen atoms in total. The number of ketones is 1. The number of carbonyl (C=O) groups is 1. The molecular formula is C27H41BrO5. The number of alkyl halides is 1. The molecule has 4 aliphatic carbocycles. The van der Waals surface area contributed by atoms with Crippen LogP contribution in [0.25, 0.3) is 0 Å². The quantitative estimate of drug-likeness (QED) is 0.461. The van der Waals surface area contributed by atoms with E-state index in [-0.39, 0.29) is 46.0 Å². The van der Waals surface area contributed by atoms with Gasteiger partial charge in [-0.25, -0.2) is 0 Å². The molecule has 0 aromatic heterocycles. The second-order valence-electron chi connectivity index (χ2n) is 13.2. The van der Waals surface area contributed by atoms with Gasteiger partial charge >= 0.3 is 0 Å². The maximum absolute atomic E-state index is 14.0. The fourth-order valence-corrected chi connectivity index (χ4v) is 11.4. The van der Waals surface area contributed by atoms with E-state index >= 15 is 0 Å². The molecule has 1 spiro atoms. The molecule has 0 bridgehead atoms. The summed E-state index contributed by atoms with van der Waals surface area (Å²) in [7, 11) is 0. The summed E-state index contributed by atoms with van der Waals surface area (Å²) in [5.41, 5.74) is -0.571. The van der Waals surface area contributed by atoms with Gasteiger partial charge in [0.1, 0.15) is 6.10 Å². The zero-order chi connectivity index (χ0) is 23.5. The van der Waals surface area contributed by atoms with E-state index in [1.807, 2.05) is 0 Å². The van der Waals surface area contributed by atoms with Crippen LogP contribution in [0, 0.1) is 52.3 Å². The number of rotatable bonds is 0. The zero-order valence-electron chi connectivity index (χ0n) is 20.5. The number of aliphatic hydroxyl groups is 2. The maximum atomic E-state index is 14.0. The molecule has 2 aliphatic heterocycles. The Labute approximate surface area is 206 Å². The molecule has 6 heteroatoms. The Kier molecular flexibility index (Phi) is 5.32. The van der Waals surface area contributed by atoms with Crippen molar-refractivity contribution in [3.05, 3.63) is 0 Å². The summed E-state index contributed by atoms with van der Waals surface area (Å²) in [6.45, 7) is 9.61. The third-order valence-electron chi connectivity index (χ3n) is 11.7. The molecule has 2 saturated heterocycles. The van der Waals surface area contributed by atoms with Crippen LogP contribution in [-0.2, 0) is 14.3 Å². The van der Waals surface area contributed by atoms with Gasteiger partial charge in [-0.1, -0.05) is 43.6 Å². The van der Waals surface area contributed by atoms with E-state index < -0.39 is 17.3 Å². The predicted octanol–water partition coefficient (Wildman–Crippen LogP) is 4.32. The highest BCUT2D eigenvalue weighted by atomic mass is 79.9. The van der Waals surface area contributed by atoms with E-state index in [9.17, 15) is 15.0 Å². The van der Waals surface area contributed by atoms with Crippen LogP contribution in [0.3, 0.4) is 0 Å². The van der Waals surface area contributed by atoms with Gasteiger partial charge in [-0.2, -0.15) is 0 Å². The third-order valence-corrected chi connectivity index (χ3v) is 12.7. The van der Waals surface area contributed by atoms with Crippen molar-refractivity contribution < 1.29 is 24.5 Å². The van der Waals surface area contributed by atoms with E-state index in [2.05, 4.69) is 43.6 Å². The molecule has 186 valence electrons. The van der Waals surface area contributed by atoms with Crippen LogP contribution >= 0.6 is 15.9 Å². The summed E-state index contributed by atoms with van der Waals surface area (Å²) in [6.07, 6.45) is 5.38. The molecule has 14 atom stereocenters. The molecule has 0 unspecified atom stereocenters. The largest absolute Gasteiger partial charge is 0.393 e. The third kappa shape index (κ3) is 2.88. The van der Waals surface area contributed by atoms with Crippen molar-refractivity contribution >= 4 is 21.7 Å². The van der Waals surface area contributed by atoms with Crippen molar-refractivity contribution in [2.75, 3.05) is 6.61 Å². The van der Waals surface area contributed by atoms with Crippen LogP contribution in [0.4, 0.5) is 0 Å². The van der Waals surface area contributed by atoms with Gasteiger partial charge in [0.25, 0.3) is 0 Å². The van der Waals surface area contributed by atoms with Crippen LogP contribution in [0.2, 0.25) is 0 Å². The molecule has 6 fully saturated rings. The minimum Gasteiger partial charge on any atom is -0.393 e. The molecule has 0 radical (unpaired) electrons. The first kappa shape index (κ1) is 23.4. The predicted molar refractivity (Wildman–Crippen MR) is 128 cm³/mol. The summed E-state index contributed by atoms with van der Waals surface area (Å²) in [6, 6.07) is 0. The Morgan fingerprint density at radius 3 is 2.55 bits per heavy atom. The second-order valence-corrected chi connectivity index (χ2v) is 14.3. The highest BCUT2D eigenvalue weighted by Crippen LogP contribution is 2.70. The molecule has 2 N–H and O–H groups in total. The van der Waals surface area contributed by atoms with Crippen molar-refractivity contribution in [1.82, 2.24) is 0 Å². The van der Waals surface area contributed by atoms with Gasteiger partial charge in [-0.3, -0.25) is 4.79 Å². The Balaban J connectivity index is 1.34. The molecule has 6 rings (SSSR count). The fourth-order valence-electron chi connectivity index (χ4n) is 10.1. The lowest BCUT2D eigenvalue weighted by molar-refractivity contribution is -0.268. The Morgan fingerprint density at radius 2 is 1.82 bits per heavy atom. The average Bonchev–Trinajstić information content (AvgIpc) is 3.22. The number of aliphatic hydroxyl groups excluding tert-OH is 2. The van der Waals surface area contributed by atoms with E-state index in [0.717, 1.165) is 44.9 Å². The van der Waals surface area contributed by atoms with Crippen molar-refractivity contribution in [2.24, 2.45) is 52.3 Å². The van der Waals surface area contributed by atoms with Gasteiger partial charge < -0.3 is 19.7 Å². The maximum Gasteiger partial charge on any atom is 0.184 e. The molecule has 0 amide bonds. The minimum atomic E-state index is -0.946. The number of Topliss-reactive ketones (excluding diaryl/α,β-unsaturated/α-hetero) is 1.